The molecule has 108 valence electrons. The lowest BCUT2D eigenvalue weighted by molar-refractivity contribution is -0.0499. The normalized spacial score (nSPS) is 10.9. The number of halogens is 5. The number of ether oxygens (including phenoxy) is 1. The number of alkyl halides is 2. The van der Waals surface area contributed by atoms with Crippen LogP contribution in [0.15, 0.2) is 27.3 Å². The molecule has 1 N–H and O–H groups in total. The lowest BCUT2D eigenvalue weighted by Gasteiger charge is -2.12. The Morgan fingerprint density at radius 2 is 2.00 bits per heavy atom. The molecule has 2 rings (SSSR count). The molecule has 0 saturated heterocycles. The quantitative estimate of drug-likeness (QED) is 0.653. The summed E-state index contributed by atoms with van der Waals surface area (Å²) >= 11 is 13.7. The van der Waals surface area contributed by atoms with E-state index in [9.17, 15) is 8.78 Å². The van der Waals surface area contributed by atoms with E-state index < -0.39 is 6.61 Å². The van der Waals surface area contributed by atoms with Gasteiger partial charge in [-0.25, -0.2) is 4.98 Å². The van der Waals surface area contributed by atoms with E-state index in [1.807, 2.05) is 0 Å². The second-order valence-corrected chi connectivity index (χ2v) is 6.98. The maximum absolute atomic E-state index is 12.2. The molecule has 0 unspecified atom stereocenters. The molecule has 3 nitrogen and oxygen atoms in total. The van der Waals surface area contributed by atoms with Crippen LogP contribution in [0.1, 0.15) is 4.88 Å². The van der Waals surface area contributed by atoms with Gasteiger partial charge < -0.3 is 10.1 Å². The van der Waals surface area contributed by atoms with Crippen LogP contribution in [-0.2, 0) is 6.54 Å². The topological polar surface area (TPSA) is 34.1 Å². The standard InChI is InChI=1S/C11H7Br2ClF2N2OS/c12-7-1-5(19-11(15)16)2-8(13)9(7)17-3-6-4-18-10(14)20-6/h1-2,4,11,17H,3H2. The molecule has 0 bridgehead atoms. The zero-order chi connectivity index (χ0) is 14.7. The van der Waals surface area contributed by atoms with Crippen molar-refractivity contribution < 1.29 is 13.5 Å². The van der Waals surface area contributed by atoms with E-state index in [0.717, 1.165) is 10.6 Å². The van der Waals surface area contributed by atoms with Gasteiger partial charge in [0, 0.05) is 20.0 Å². The Hall–Kier alpha value is -0.440. The molecule has 0 radical (unpaired) electrons. The average molecular weight is 449 g/mol. The maximum Gasteiger partial charge on any atom is 0.387 e. The number of nitrogens with one attached hydrogen (secondary N) is 1. The van der Waals surface area contributed by atoms with E-state index in [0.29, 0.717) is 20.0 Å². The van der Waals surface area contributed by atoms with Gasteiger partial charge in [-0.2, -0.15) is 8.78 Å². The third kappa shape index (κ3) is 4.28. The molecule has 0 fully saturated rings. The lowest BCUT2D eigenvalue weighted by Crippen LogP contribution is -2.03. The fourth-order valence-electron chi connectivity index (χ4n) is 1.43. The summed E-state index contributed by atoms with van der Waals surface area (Å²) in [4.78, 5) is 4.90. The van der Waals surface area contributed by atoms with Crippen molar-refractivity contribution in [3.63, 3.8) is 0 Å². The first-order valence-electron chi connectivity index (χ1n) is 5.23. The molecule has 1 aromatic carbocycles. The highest BCUT2D eigenvalue weighted by molar-refractivity contribution is 9.11. The van der Waals surface area contributed by atoms with Crippen molar-refractivity contribution in [2.24, 2.45) is 0 Å². The minimum absolute atomic E-state index is 0.0742. The highest BCUT2D eigenvalue weighted by atomic mass is 79.9. The predicted octanol–water partition coefficient (Wildman–Crippen LogP) is 5.54. The fourth-order valence-corrected chi connectivity index (χ4v) is 3.77. The molecule has 0 aliphatic rings. The van der Waals surface area contributed by atoms with Crippen LogP contribution >= 0.6 is 54.8 Å². The van der Waals surface area contributed by atoms with Crippen molar-refractivity contribution in [1.82, 2.24) is 4.98 Å². The zero-order valence-electron chi connectivity index (χ0n) is 9.67. The number of hydrogen-bond donors (Lipinski definition) is 1. The van der Waals surface area contributed by atoms with Gasteiger partial charge in [-0.15, -0.1) is 11.3 Å². The summed E-state index contributed by atoms with van der Waals surface area (Å²) in [5.41, 5.74) is 0.733. The molecule has 0 aliphatic carbocycles. The van der Waals surface area contributed by atoms with Crippen LogP contribution < -0.4 is 10.1 Å². The SMILES string of the molecule is FC(F)Oc1cc(Br)c(NCc2cnc(Cl)s2)c(Br)c1. The van der Waals surface area contributed by atoms with Gasteiger partial charge in [0.2, 0.25) is 0 Å². The van der Waals surface area contributed by atoms with Gasteiger partial charge in [0.25, 0.3) is 0 Å². The van der Waals surface area contributed by atoms with Crippen molar-refractivity contribution in [2.45, 2.75) is 13.2 Å². The van der Waals surface area contributed by atoms with Crippen molar-refractivity contribution in [2.75, 3.05) is 5.32 Å². The summed E-state index contributed by atoms with van der Waals surface area (Å²) in [6.07, 6.45) is 1.68. The number of anilines is 1. The number of rotatable bonds is 5. The summed E-state index contributed by atoms with van der Waals surface area (Å²) in [5, 5.41) is 3.17. The highest BCUT2D eigenvalue weighted by Gasteiger charge is 2.11. The van der Waals surface area contributed by atoms with Gasteiger partial charge in [0.15, 0.2) is 4.47 Å². The predicted molar refractivity (Wildman–Crippen MR) is 82.9 cm³/mol. The molecule has 1 aromatic heterocycles. The molecule has 0 spiro atoms. The fraction of sp³-hybridized carbons (Fsp3) is 0.182. The minimum Gasteiger partial charge on any atom is -0.435 e. The Balaban J connectivity index is 2.11. The largest absolute Gasteiger partial charge is 0.435 e. The van der Waals surface area contributed by atoms with Crippen LogP contribution in [0, 0.1) is 0 Å². The average Bonchev–Trinajstić information content (AvgIpc) is 2.73. The Morgan fingerprint density at radius 1 is 1.35 bits per heavy atom. The van der Waals surface area contributed by atoms with Crippen molar-refractivity contribution >= 4 is 60.5 Å². The van der Waals surface area contributed by atoms with Crippen molar-refractivity contribution in [3.8, 4) is 5.75 Å². The molecule has 0 aliphatic heterocycles. The summed E-state index contributed by atoms with van der Waals surface area (Å²) in [6, 6.07) is 2.94. The molecule has 20 heavy (non-hydrogen) atoms. The molecule has 1 heterocycles. The Labute approximate surface area is 139 Å². The second kappa shape index (κ2) is 7.02. The number of thiazole rings is 1. The second-order valence-electron chi connectivity index (χ2n) is 3.57. The van der Waals surface area contributed by atoms with E-state index >= 15 is 0 Å². The molecular weight excluding hydrogens is 441 g/mol. The van der Waals surface area contributed by atoms with E-state index in [1.54, 1.807) is 6.20 Å². The third-order valence-corrected chi connectivity index (χ3v) is 4.57. The maximum atomic E-state index is 12.2. The third-order valence-electron chi connectivity index (χ3n) is 2.21. The van der Waals surface area contributed by atoms with Crippen LogP contribution in [0.3, 0.4) is 0 Å². The number of aromatic nitrogens is 1. The smallest absolute Gasteiger partial charge is 0.387 e. The summed E-state index contributed by atoms with van der Waals surface area (Å²) < 4.78 is 30.4. The summed E-state index contributed by atoms with van der Waals surface area (Å²) in [6.45, 7) is -2.33. The molecule has 0 saturated carbocycles. The van der Waals surface area contributed by atoms with Crippen LogP contribution in [0.25, 0.3) is 0 Å². The van der Waals surface area contributed by atoms with Crippen LogP contribution in [0.5, 0.6) is 5.75 Å². The van der Waals surface area contributed by atoms with E-state index in [1.165, 1.54) is 23.5 Å². The van der Waals surface area contributed by atoms with Crippen LogP contribution in [0.2, 0.25) is 4.47 Å². The summed E-state index contributed by atoms with van der Waals surface area (Å²) in [5.74, 6) is 0.0742. The van der Waals surface area contributed by atoms with Gasteiger partial charge >= 0.3 is 6.61 Å². The molecule has 0 atom stereocenters. The molecule has 9 heteroatoms. The van der Waals surface area contributed by atoms with E-state index in [2.05, 4.69) is 46.9 Å². The van der Waals surface area contributed by atoms with E-state index in [4.69, 9.17) is 11.6 Å². The number of benzene rings is 1. The number of nitrogens with zero attached hydrogens (tertiary/aromatic N) is 1. The van der Waals surface area contributed by atoms with Gasteiger partial charge in [0.1, 0.15) is 5.75 Å². The van der Waals surface area contributed by atoms with E-state index in [-0.39, 0.29) is 5.75 Å². The monoisotopic (exact) mass is 446 g/mol. The molecule has 2 aromatic rings. The Bertz CT molecular complexity index is 589. The molecular formula is C11H7Br2ClF2N2OS. The van der Waals surface area contributed by atoms with Gasteiger partial charge in [-0.05, 0) is 44.0 Å². The van der Waals surface area contributed by atoms with Gasteiger partial charge in [0.05, 0.1) is 12.2 Å². The Morgan fingerprint density at radius 3 is 2.50 bits per heavy atom. The van der Waals surface area contributed by atoms with Crippen LogP contribution in [-0.4, -0.2) is 11.6 Å². The van der Waals surface area contributed by atoms with Crippen molar-refractivity contribution in [1.29, 1.82) is 0 Å². The minimum atomic E-state index is -2.85. The first-order valence-corrected chi connectivity index (χ1v) is 8.01. The van der Waals surface area contributed by atoms with Crippen LogP contribution in [0.4, 0.5) is 14.5 Å². The van der Waals surface area contributed by atoms with Crippen molar-refractivity contribution in [3.05, 3.63) is 36.6 Å². The first kappa shape index (κ1) is 15.9. The molecule has 0 amide bonds. The number of hydrogen-bond acceptors (Lipinski definition) is 4. The lowest BCUT2D eigenvalue weighted by atomic mass is 10.3. The first-order chi connectivity index (χ1) is 9.45. The Kier molecular flexibility index (Phi) is 5.59. The summed E-state index contributed by atoms with van der Waals surface area (Å²) in [7, 11) is 0. The highest BCUT2D eigenvalue weighted by Crippen LogP contribution is 2.36. The van der Waals surface area contributed by atoms with Gasteiger partial charge in [-0.1, -0.05) is 11.6 Å². The van der Waals surface area contributed by atoms with Gasteiger partial charge in [-0.3, -0.25) is 0 Å². The zero-order valence-corrected chi connectivity index (χ0v) is 14.4.